The maximum atomic E-state index is 11.6. The summed E-state index contributed by atoms with van der Waals surface area (Å²) in [6.07, 6.45) is 5.03. The minimum atomic E-state index is -1.10. The van der Waals surface area contributed by atoms with Crippen LogP contribution in [0.15, 0.2) is 23.8 Å². The Morgan fingerprint density at radius 3 is 2.47 bits per heavy atom. The van der Waals surface area contributed by atoms with Crippen LogP contribution < -0.4 is 0 Å². The first-order valence-corrected chi connectivity index (χ1v) is 6.43. The Kier molecular flexibility index (Phi) is 4.35. The fraction of sp³-hybridized carbons (Fsp3) is 0.600. The van der Waals surface area contributed by atoms with Crippen molar-refractivity contribution < 1.29 is 19.8 Å². The average molecular weight is 266 g/mol. The topological polar surface area (TPSA) is 74.6 Å². The maximum absolute atomic E-state index is 11.6. The molecule has 0 unspecified atom stereocenters. The molecule has 0 aliphatic heterocycles. The number of aliphatic carboxylic acids is 1. The second-order valence-corrected chi connectivity index (χ2v) is 6.09. The number of carboxylic acid groups (broad SMARTS) is 1. The van der Waals surface area contributed by atoms with Gasteiger partial charge in [0.05, 0.1) is 5.60 Å². The SMILES string of the molecule is CC(=C/C(=O)O)/C=C/[C@]1(O)[C@H](C)CC(=O)CC1(C)C. The van der Waals surface area contributed by atoms with Crippen LogP contribution in [0, 0.1) is 11.3 Å². The molecule has 19 heavy (non-hydrogen) atoms. The van der Waals surface area contributed by atoms with Crippen LogP contribution in [-0.4, -0.2) is 27.6 Å². The van der Waals surface area contributed by atoms with Crippen LogP contribution in [-0.2, 0) is 9.59 Å². The molecule has 4 nitrogen and oxygen atoms in total. The standard InChI is InChI=1S/C15H22O4/c1-10(7-13(17)18)5-6-15(19)11(2)8-12(16)9-14(15,3)4/h5-7,11,19H,8-9H2,1-4H3,(H,17,18)/b6-5+,10-7-/t11-,15+/m1/s1. The molecular weight excluding hydrogens is 244 g/mol. The quantitative estimate of drug-likeness (QED) is 0.607. The van der Waals surface area contributed by atoms with Gasteiger partial charge in [0.25, 0.3) is 0 Å². The molecule has 0 amide bonds. The third kappa shape index (κ3) is 3.32. The molecule has 4 heteroatoms. The van der Waals surface area contributed by atoms with E-state index in [1.165, 1.54) is 0 Å². The van der Waals surface area contributed by atoms with E-state index < -0.39 is 17.0 Å². The number of Topliss-reactive ketones (excluding diaryl/α,β-unsaturated/α-hetero) is 1. The number of aliphatic hydroxyl groups is 1. The first kappa shape index (κ1) is 15.6. The maximum Gasteiger partial charge on any atom is 0.328 e. The highest BCUT2D eigenvalue weighted by molar-refractivity contribution is 5.81. The van der Waals surface area contributed by atoms with E-state index >= 15 is 0 Å². The molecule has 1 aliphatic carbocycles. The zero-order valence-corrected chi connectivity index (χ0v) is 11.9. The van der Waals surface area contributed by atoms with Crippen molar-refractivity contribution >= 4 is 11.8 Å². The van der Waals surface area contributed by atoms with Crippen LogP contribution in [0.4, 0.5) is 0 Å². The third-order valence-corrected chi connectivity index (χ3v) is 3.96. The van der Waals surface area contributed by atoms with Crippen molar-refractivity contribution in [1.82, 2.24) is 0 Å². The Balaban J connectivity index is 3.04. The molecule has 0 spiro atoms. The van der Waals surface area contributed by atoms with Gasteiger partial charge in [-0.2, -0.15) is 0 Å². The number of rotatable bonds is 3. The Morgan fingerprint density at radius 1 is 1.42 bits per heavy atom. The lowest BCUT2D eigenvalue weighted by molar-refractivity contribution is -0.142. The van der Waals surface area contributed by atoms with Crippen molar-refractivity contribution in [3.63, 3.8) is 0 Å². The average Bonchev–Trinajstić information content (AvgIpc) is 2.21. The molecule has 106 valence electrons. The van der Waals surface area contributed by atoms with E-state index in [9.17, 15) is 14.7 Å². The number of ketones is 1. The monoisotopic (exact) mass is 266 g/mol. The van der Waals surface area contributed by atoms with Crippen molar-refractivity contribution in [2.75, 3.05) is 0 Å². The van der Waals surface area contributed by atoms with Crippen molar-refractivity contribution in [3.8, 4) is 0 Å². The van der Waals surface area contributed by atoms with Gasteiger partial charge in [0.2, 0.25) is 0 Å². The van der Waals surface area contributed by atoms with Gasteiger partial charge in [-0.1, -0.05) is 32.9 Å². The smallest absolute Gasteiger partial charge is 0.328 e. The predicted octanol–water partition coefficient (Wildman–Crippen LogP) is 2.33. The van der Waals surface area contributed by atoms with Gasteiger partial charge in [0.15, 0.2) is 0 Å². The molecule has 1 fully saturated rings. The molecular formula is C15H22O4. The molecule has 0 saturated heterocycles. The first-order valence-electron chi connectivity index (χ1n) is 6.43. The van der Waals surface area contributed by atoms with Crippen molar-refractivity contribution in [2.24, 2.45) is 11.3 Å². The van der Waals surface area contributed by atoms with Gasteiger partial charge in [-0.25, -0.2) is 4.79 Å². The fourth-order valence-corrected chi connectivity index (χ4v) is 2.76. The van der Waals surface area contributed by atoms with E-state index in [1.54, 1.807) is 19.1 Å². The van der Waals surface area contributed by atoms with Crippen molar-refractivity contribution in [2.45, 2.75) is 46.1 Å². The van der Waals surface area contributed by atoms with Gasteiger partial charge >= 0.3 is 5.97 Å². The fourth-order valence-electron chi connectivity index (χ4n) is 2.76. The van der Waals surface area contributed by atoms with Crippen LogP contribution in [0.2, 0.25) is 0 Å². The molecule has 1 rings (SSSR count). The Labute approximate surface area is 113 Å². The van der Waals surface area contributed by atoms with E-state index in [-0.39, 0.29) is 11.7 Å². The van der Waals surface area contributed by atoms with E-state index in [1.807, 2.05) is 20.8 Å². The summed E-state index contributed by atoms with van der Waals surface area (Å²) in [5, 5.41) is 19.5. The predicted molar refractivity (Wildman–Crippen MR) is 72.7 cm³/mol. The minimum Gasteiger partial charge on any atom is -0.478 e. The summed E-state index contributed by atoms with van der Waals surface area (Å²) in [5.74, 6) is -1.04. The molecule has 1 saturated carbocycles. The molecule has 0 bridgehead atoms. The highest BCUT2D eigenvalue weighted by atomic mass is 16.4. The van der Waals surface area contributed by atoms with E-state index in [2.05, 4.69) is 0 Å². The molecule has 2 N–H and O–H groups in total. The van der Waals surface area contributed by atoms with Gasteiger partial charge in [0.1, 0.15) is 5.78 Å². The van der Waals surface area contributed by atoms with E-state index in [0.717, 1.165) is 6.08 Å². The van der Waals surface area contributed by atoms with Crippen LogP contribution in [0.25, 0.3) is 0 Å². The number of allylic oxidation sites excluding steroid dienone is 2. The summed E-state index contributed by atoms with van der Waals surface area (Å²) in [5.41, 5.74) is -1.10. The lowest BCUT2D eigenvalue weighted by atomic mass is 9.60. The number of carbonyl (C=O) groups is 2. The van der Waals surface area contributed by atoms with Crippen LogP contribution >= 0.6 is 0 Å². The number of hydrogen-bond acceptors (Lipinski definition) is 3. The Bertz CT molecular complexity index is 445. The normalized spacial score (nSPS) is 31.7. The summed E-state index contributed by atoms with van der Waals surface area (Å²) in [4.78, 5) is 22.2. The second-order valence-electron chi connectivity index (χ2n) is 6.09. The van der Waals surface area contributed by atoms with Crippen molar-refractivity contribution in [3.05, 3.63) is 23.8 Å². The van der Waals surface area contributed by atoms with Crippen molar-refractivity contribution in [1.29, 1.82) is 0 Å². The Morgan fingerprint density at radius 2 is 2.00 bits per heavy atom. The largest absolute Gasteiger partial charge is 0.478 e. The molecule has 0 aromatic rings. The second kappa shape index (κ2) is 5.29. The van der Waals surface area contributed by atoms with Gasteiger partial charge in [-0.05, 0) is 18.4 Å². The molecule has 0 aromatic carbocycles. The van der Waals surface area contributed by atoms with Gasteiger partial charge < -0.3 is 10.2 Å². The zero-order chi connectivity index (χ0) is 14.8. The summed E-state index contributed by atoms with van der Waals surface area (Å²) >= 11 is 0. The summed E-state index contributed by atoms with van der Waals surface area (Å²) in [7, 11) is 0. The summed E-state index contributed by atoms with van der Waals surface area (Å²) in [6, 6.07) is 0. The zero-order valence-electron chi connectivity index (χ0n) is 11.9. The van der Waals surface area contributed by atoms with E-state index in [0.29, 0.717) is 18.4 Å². The summed E-state index contributed by atoms with van der Waals surface area (Å²) in [6.45, 7) is 7.24. The molecule has 0 aromatic heterocycles. The molecule has 2 atom stereocenters. The summed E-state index contributed by atoms with van der Waals surface area (Å²) < 4.78 is 0. The minimum absolute atomic E-state index is 0.161. The van der Waals surface area contributed by atoms with Crippen LogP contribution in [0.5, 0.6) is 0 Å². The highest BCUT2D eigenvalue weighted by Crippen LogP contribution is 2.46. The Hall–Kier alpha value is -1.42. The third-order valence-electron chi connectivity index (χ3n) is 3.96. The highest BCUT2D eigenvalue weighted by Gasteiger charge is 2.50. The number of hydrogen-bond donors (Lipinski definition) is 2. The van der Waals surface area contributed by atoms with Gasteiger partial charge in [-0.15, -0.1) is 0 Å². The molecule has 0 radical (unpaired) electrons. The van der Waals surface area contributed by atoms with Crippen LogP contribution in [0.3, 0.4) is 0 Å². The number of carbonyl (C=O) groups excluding carboxylic acids is 1. The number of carboxylic acids is 1. The lowest BCUT2D eigenvalue weighted by Gasteiger charge is -2.48. The van der Waals surface area contributed by atoms with Crippen LogP contribution in [0.1, 0.15) is 40.5 Å². The molecule has 0 heterocycles. The van der Waals surface area contributed by atoms with Gasteiger partial charge in [0, 0.05) is 24.3 Å². The van der Waals surface area contributed by atoms with Gasteiger partial charge in [-0.3, -0.25) is 4.79 Å². The first-order chi connectivity index (χ1) is 8.58. The lowest BCUT2D eigenvalue weighted by Crippen LogP contribution is -2.53. The molecule has 1 aliphatic rings. The van der Waals surface area contributed by atoms with E-state index in [4.69, 9.17) is 5.11 Å².